The molecule has 7 nitrogen and oxygen atoms in total. The summed E-state index contributed by atoms with van der Waals surface area (Å²) in [5, 5.41) is 7.00. The largest absolute Gasteiger partial charge is 0.463 e. The molecule has 0 fully saturated rings. The van der Waals surface area contributed by atoms with Crippen LogP contribution in [0.2, 0.25) is 0 Å². The maximum absolute atomic E-state index is 12.2. The number of hydrogen-bond donors (Lipinski definition) is 2. The number of rotatable bonds is 6. The second-order valence-electron chi connectivity index (χ2n) is 5.18. The highest BCUT2D eigenvalue weighted by Gasteiger charge is 2.32. The highest BCUT2D eigenvalue weighted by atomic mass is 32.1. The molecule has 24 heavy (non-hydrogen) atoms. The van der Waals surface area contributed by atoms with E-state index in [1.807, 2.05) is 19.9 Å². The quantitative estimate of drug-likeness (QED) is 0.765. The first kappa shape index (κ1) is 18.0. The van der Waals surface area contributed by atoms with Gasteiger partial charge in [-0.3, -0.25) is 0 Å². The monoisotopic (exact) mass is 352 g/mol. The SMILES string of the molecule is CCOC(=O)C1=C(COC(=O)c2sccc2C)NC(=O)N[C@H]1CC. The molecule has 0 spiro atoms. The summed E-state index contributed by atoms with van der Waals surface area (Å²) in [5.74, 6) is -1.02. The minimum Gasteiger partial charge on any atom is -0.463 e. The van der Waals surface area contributed by atoms with E-state index < -0.39 is 24.0 Å². The van der Waals surface area contributed by atoms with Gasteiger partial charge in [0.2, 0.25) is 0 Å². The Morgan fingerprint density at radius 1 is 1.25 bits per heavy atom. The lowest BCUT2D eigenvalue weighted by Gasteiger charge is -2.28. The van der Waals surface area contributed by atoms with Crippen molar-refractivity contribution in [2.45, 2.75) is 33.2 Å². The lowest BCUT2D eigenvalue weighted by atomic mass is 10.0. The van der Waals surface area contributed by atoms with Crippen LogP contribution in [0.25, 0.3) is 0 Å². The number of ether oxygens (including phenoxy) is 2. The number of thiophene rings is 1. The summed E-state index contributed by atoms with van der Waals surface area (Å²) >= 11 is 1.28. The molecule has 1 aromatic heterocycles. The summed E-state index contributed by atoms with van der Waals surface area (Å²) in [5.41, 5.74) is 1.37. The van der Waals surface area contributed by atoms with Gasteiger partial charge in [0.15, 0.2) is 0 Å². The van der Waals surface area contributed by atoms with Crippen molar-refractivity contribution in [3.8, 4) is 0 Å². The van der Waals surface area contributed by atoms with Crippen LogP contribution >= 0.6 is 11.3 Å². The number of urea groups is 1. The molecule has 0 aliphatic carbocycles. The van der Waals surface area contributed by atoms with Crippen molar-refractivity contribution in [1.29, 1.82) is 0 Å². The second kappa shape index (κ2) is 7.96. The minimum atomic E-state index is -0.532. The van der Waals surface area contributed by atoms with Crippen molar-refractivity contribution in [3.05, 3.63) is 33.2 Å². The van der Waals surface area contributed by atoms with E-state index in [1.165, 1.54) is 11.3 Å². The molecule has 1 aliphatic heterocycles. The highest BCUT2D eigenvalue weighted by Crippen LogP contribution is 2.20. The van der Waals surface area contributed by atoms with E-state index in [1.54, 1.807) is 12.3 Å². The molecule has 2 N–H and O–H groups in total. The van der Waals surface area contributed by atoms with Gasteiger partial charge < -0.3 is 20.1 Å². The van der Waals surface area contributed by atoms with Crippen molar-refractivity contribution >= 4 is 29.3 Å². The van der Waals surface area contributed by atoms with Gasteiger partial charge in [-0.15, -0.1) is 11.3 Å². The predicted molar refractivity (Wildman–Crippen MR) is 88.7 cm³/mol. The van der Waals surface area contributed by atoms with Crippen LogP contribution in [0.3, 0.4) is 0 Å². The van der Waals surface area contributed by atoms with Crippen LogP contribution in [0.5, 0.6) is 0 Å². The Morgan fingerprint density at radius 2 is 2.00 bits per heavy atom. The van der Waals surface area contributed by atoms with E-state index in [9.17, 15) is 14.4 Å². The molecule has 0 aromatic carbocycles. The Hall–Kier alpha value is -2.35. The number of aryl methyl sites for hydroxylation is 1. The van der Waals surface area contributed by atoms with Gasteiger partial charge >= 0.3 is 18.0 Å². The summed E-state index contributed by atoms with van der Waals surface area (Å²) < 4.78 is 10.3. The Labute approximate surface area is 144 Å². The average Bonchev–Trinajstić information content (AvgIpc) is 2.98. The molecule has 1 aromatic rings. The van der Waals surface area contributed by atoms with E-state index in [-0.39, 0.29) is 24.5 Å². The molecule has 2 rings (SSSR count). The summed E-state index contributed by atoms with van der Waals surface area (Å²) in [4.78, 5) is 36.6. The van der Waals surface area contributed by atoms with Gasteiger partial charge in [-0.2, -0.15) is 0 Å². The fourth-order valence-corrected chi connectivity index (χ4v) is 3.18. The zero-order chi connectivity index (χ0) is 17.7. The van der Waals surface area contributed by atoms with Gasteiger partial charge in [0.05, 0.1) is 23.9 Å². The third-order valence-corrected chi connectivity index (χ3v) is 4.54. The van der Waals surface area contributed by atoms with Crippen molar-refractivity contribution in [1.82, 2.24) is 10.6 Å². The van der Waals surface area contributed by atoms with Crippen LogP contribution in [0.15, 0.2) is 22.7 Å². The summed E-state index contributed by atoms with van der Waals surface area (Å²) in [6.45, 7) is 5.37. The Morgan fingerprint density at radius 3 is 2.58 bits per heavy atom. The van der Waals surface area contributed by atoms with Crippen LogP contribution in [0.4, 0.5) is 4.79 Å². The van der Waals surface area contributed by atoms with Crippen molar-refractivity contribution in [2.75, 3.05) is 13.2 Å². The van der Waals surface area contributed by atoms with Crippen LogP contribution in [-0.2, 0) is 14.3 Å². The molecule has 1 aliphatic rings. The first-order chi connectivity index (χ1) is 11.5. The smallest absolute Gasteiger partial charge is 0.348 e. The van der Waals surface area contributed by atoms with Crippen molar-refractivity contribution in [3.63, 3.8) is 0 Å². The van der Waals surface area contributed by atoms with E-state index in [0.29, 0.717) is 11.3 Å². The van der Waals surface area contributed by atoms with Gasteiger partial charge in [0.1, 0.15) is 11.5 Å². The normalized spacial score (nSPS) is 17.1. The van der Waals surface area contributed by atoms with Gasteiger partial charge in [-0.25, -0.2) is 14.4 Å². The number of carbonyl (C=O) groups excluding carboxylic acids is 3. The molecular formula is C16H20N2O5S. The molecule has 1 atom stereocenters. The lowest BCUT2D eigenvalue weighted by Crippen LogP contribution is -2.51. The highest BCUT2D eigenvalue weighted by molar-refractivity contribution is 7.12. The summed E-state index contributed by atoms with van der Waals surface area (Å²) in [6.07, 6.45) is 0.517. The topological polar surface area (TPSA) is 93.7 Å². The van der Waals surface area contributed by atoms with E-state index in [2.05, 4.69) is 10.6 Å². The maximum atomic E-state index is 12.2. The van der Waals surface area contributed by atoms with Crippen LogP contribution in [0, 0.1) is 6.92 Å². The molecule has 2 amide bonds. The van der Waals surface area contributed by atoms with E-state index in [4.69, 9.17) is 9.47 Å². The molecule has 130 valence electrons. The Kier molecular flexibility index (Phi) is 5.97. The van der Waals surface area contributed by atoms with Gasteiger partial charge in [-0.05, 0) is 37.3 Å². The number of amides is 2. The van der Waals surface area contributed by atoms with Crippen molar-refractivity contribution in [2.24, 2.45) is 0 Å². The fraction of sp³-hybridized carbons (Fsp3) is 0.438. The van der Waals surface area contributed by atoms with Crippen LogP contribution < -0.4 is 10.6 Å². The molecular weight excluding hydrogens is 332 g/mol. The van der Waals surface area contributed by atoms with E-state index in [0.717, 1.165) is 5.56 Å². The second-order valence-corrected chi connectivity index (χ2v) is 6.10. The number of nitrogens with one attached hydrogen (secondary N) is 2. The third-order valence-electron chi connectivity index (χ3n) is 3.54. The van der Waals surface area contributed by atoms with Crippen LogP contribution in [-0.4, -0.2) is 37.2 Å². The van der Waals surface area contributed by atoms with Crippen molar-refractivity contribution < 1.29 is 23.9 Å². The molecule has 0 radical (unpaired) electrons. The van der Waals surface area contributed by atoms with Gasteiger partial charge in [0, 0.05) is 0 Å². The van der Waals surface area contributed by atoms with Gasteiger partial charge in [-0.1, -0.05) is 6.92 Å². The molecule has 8 heteroatoms. The predicted octanol–water partition coefficient (Wildman–Crippen LogP) is 2.12. The third kappa shape index (κ3) is 3.94. The molecule has 0 unspecified atom stereocenters. The standard InChI is InChI=1S/C16H20N2O5S/c1-4-10-12(14(19)22-5-2)11(18-16(21)17-10)8-23-15(20)13-9(3)6-7-24-13/h6-7,10H,4-5,8H2,1-3H3,(H2,17,18,21)/t10-/m0/s1. The Bertz CT molecular complexity index is 680. The zero-order valence-electron chi connectivity index (χ0n) is 13.8. The maximum Gasteiger partial charge on any atom is 0.348 e. The Balaban J connectivity index is 2.21. The number of carbonyl (C=O) groups is 3. The van der Waals surface area contributed by atoms with E-state index >= 15 is 0 Å². The molecule has 0 saturated carbocycles. The molecule has 0 saturated heterocycles. The van der Waals surface area contributed by atoms with Gasteiger partial charge in [0.25, 0.3) is 0 Å². The fourth-order valence-electron chi connectivity index (χ4n) is 2.36. The lowest BCUT2D eigenvalue weighted by molar-refractivity contribution is -0.139. The first-order valence-corrected chi connectivity index (χ1v) is 8.54. The average molecular weight is 352 g/mol. The molecule has 2 heterocycles. The number of esters is 2. The zero-order valence-corrected chi connectivity index (χ0v) is 14.6. The van der Waals surface area contributed by atoms with Crippen LogP contribution in [0.1, 0.15) is 35.5 Å². The first-order valence-electron chi connectivity index (χ1n) is 7.66. The summed E-state index contributed by atoms with van der Waals surface area (Å²) in [7, 11) is 0. The summed E-state index contributed by atoms with van der Waals surface area (Å²) in [6, 6.07) is 0.910. The minimum absolute atomic E-state index is 0.200. The molecule has 0 bridgehead atoms. The number of hydrogen-bond acceptors (Lipinski definition) is 6.